The molecule has 4 nitrogen and oxygen atoms in total. The van der Waals surface area contributed by atoms with Crippen LogP contribution in [0.15, 0.2) is 77.9 Å². The van der Waals surface area contributed by atoms with Crippen LogP contribution in [-0.4, -0.2) is 18.2 Å². The molecule has 2 aromatic rings. The molecule has 0 bridgehead atoms. The zero-order valence-electron chi connectivity index (χ0n) is 13.9. The molecule has 0 saturated heterocycles. The molecule has 0 heterocycles. The molecule has 128 valence electrons. The van der Waals surface area contributed by atoms with Crippen LogP contribution in [0.3, 0.4) is 0 Å². The summed E-state index contributed by atoms with van der Waals surface area (Å²) in [6.07, 6.45) is 7.62. The van der Waals surface area contributed by atoms with E-state index in [2.05, 4.69) is 33.1 Å². The number of benzene rings is 2. The van der Waals surface area contributed by atoms with E-state index in [0.29, 0.717) is 11.5 Å². The SMILES string of the molecule is CC(/C=C/C=C/c1ccccc1)=N\NC(=O)COc1ccc(I)cc1. The molecular weight excluding hydrogens is 427 g/mol. The van der Waals surface area contributed by atoms with Crippen molar-refractivity contribution >= 4 is 40.3 Å². The van der Waals surface area contributed by atoms with Gasteiger partial charge in [0.1, 0.15) is 5.75 Å². The van der Waals surface area contributed by atoms with Gasteiger partial charge in [-0.2, -0.15) is 5.10 Å². The Labute approximate surface area is 161 Å². The number of carbonyl (C=O) groups is 1. The maximum atomic E-state index is 11.7. The van der Waals surface area contributed by atoms with E-state index in [0.717, 1.165) is 9.13 Å². The number of hydrogen-bond donors (Lipinski definition) is 1. The summed E-state index contributed by atoms with van der Waals surface area (Å²) in [5.41, 5.74) is 4.29. The molecular formula is C20H19IN2O2. The lowest BCUT2D eigenvalue weighted by Gasteiger charge is -2.05. The zero-order valence-corrected chi connectivity index (χ0v) is 16.0. The van der Waals surface area contributed by atoms with E-state index < -0.39 is 0 Å². The summed E-state index contributed by atoms with van der Waals surface area (Å²) in [6, 6.07) is 17.5. The predicted octanol–water partition coefficient (Wildman–Crippen LogP) is 4.43. The Balaban J connectivity index is 1.74. The molecule has 0 aliphatic carbocycles. The van der Waals surface area contributed by atoms with Gasteiger partial charge in [-0.15, -0.1) is 0 Å². The van der Waals surface area contributed by atoms with Gasteiger partial charge in [0.15, 0.2) is 6.61 Å². The molecule has 0 aliphatic heterocycles. The van der Waals surface area contributed by atoms with E-state index in [1.807, 2.05) is 85.8 Å². The van der Waals surface area contributed by atoms with E-state index in [9.17, 15) is 4.79 Å². The van der Waals surface area contributed by atoms with Crippen LogP contribution in [-0.2, 0) is 4.79 Å². The molecule has 5 heteroatoms. The second-order valence-electron chi connectivity index (χ2n) is 5.16. The highest BCUT2D eigenvalue weighted by Crippen LogP contribution is 2.13. The first-order chi connectivity index (χ1) is 12.1. The smallest absolute Gasteiger partial charge is 0.277 e. The topological polar surface area (TPSA) is 50.7 Å². The summed E-state index contributed by atoms with van der Waals surface area (Å²) in [5.74, 6) is 0.355. The van der Waals surface area contributed by atoms with Gasteiger partial charge < -0.3 is 4.74 Å². The fraction of sp³-hybridized carbons (Fsp3) is 0.100. The Morgan fingerprint density at radius 2 is 1.84 bits per heavy atom. The van der Waals surface area contributed by atoms with Crippen LogP contribution in [0.1, 0.15) is 12.5 Å². The summed E-state index contributed by atoms with van der Waals surface area (Å²) in [5, 5.41) is 4.01. The molecule has 0 atom stereocenters. The number of halogens is 1. The Bertz CT molecular complexity index is 766. The van der Waals surface area contributed by atoms with Crippen molar-refractivity contribution < 1.29 is 9.53 Å². The van der Waals surface area contributed by atoms with Crippen LogP contribution in [0.4, 0.5) is 0 Å². The number of nitrogens with one attached hydrogen (secondary N) is 1. The predicted molar refractivity (Wildman–Crippen MR) is 111 cm³/mol. The summed E-state index contributed by atoms with van der Waals surface area (Å²) < 4.78 is 6.50. The van der Waals surface area contributed by atoms with Crippen molar-refractivity contribution in [3.63, 3.8) is 0 Å². The molecule has 0 aromatic heterocycles. The minimum atomic E-state index is -0.300. The molecule has 1 amide bonds. The van der Waals surface area contributed by atoms with Gasteiger partial charge in [-0.25, -0.2) is 5.43 Å². The largest absolute Gasteiger partial charge is 0.484 e. The van der Waals surface area contributed by atoms with Gasteiger partial charge in [-0.3, -0.25) is 4.79 Å². The first-order valence-corrected chi connectivity index (χ1v) is 8.82. The normalized spacial score (nSPS) is 11.8. The lowest BCUT2D eigenvalue weighted by Crippen LogP contribution is -2.25. The standard InChI is InChI=1S/C20H19IN2O2/c1-16(7-5-6-10-17-8-3-2-4-9-17)22-23-20(24)15-25-19-13-11-18(21)12-14-19/h2-14H,15H2,1H3,(H,23,24)/b7-5+,10-6+,22-16+. The van der Waals surface area contributed by atoms with E-state index in [4.69, 9.17) is 4.74 Å². The van der Waals surface area contributed by atoms with E-state index >= 15 is 0 Å². The maximum absolute atomic E-state index is 11.7. The molecule has 2 aromatic carbocycles. The minimum Gasteiger partial charge on any atom is -0.484 e. The van der Waals surface area contributed by atoms with Crippen LogP contribution in [0.2, 0.25) is 0 Å². The number of ether oxygens (including phenoxy) is 1. The van der Waals surface area contributed by atoms with Crippen LogP contribution < -0.4 is 10.2 Å². The number of amides is 1. The van der Waals surface area contributed by atoms with Gasteiger partial charge >= 0.3 is 0 Å². The van der Waals surface area contributed by atoms with Gasteiger partial charge in [-0.1, -0.05) is 48.6 Å². The van der Waals surface area contributed by atoms with Crippen LogP contribution in [0.25, 0.3) is 6.08 Å². The maximum Gasteiger partial charge on any atom is 0.277 e. The lowest BCUT2D eigenvalue weighted by atomic mass is 10.2. The van der Waals surface area contributed by atoms with Crippen molar-refractivity contribution in [1.29, 1.82) is 0 Å². The Morgan fingerprint density at radius 3 is 2.56 bits per heavy atom. The number of carbonyl (C=O) groups excluding carboxylic acids is 1. The van der Waals surface area contributed by atoms with Crippen molar-refractivity contribution in [3.8, 4) is 5.75 Å². The average Bonchev–Trinajstić information content (AvgIpc) is 2.64. The number of rotatable bonds is 7. The summed E-state index contributed by atoms with van der Waals surface area (Å²) >= 11 is 2.21. The summed E-state index contributed by atoms with van der Waals surface area (Å²) in [6.45, 7) is 1.74. The summed E-state index contributed by atoms with van der Waals surface area (Å²) in [7, 11) is 0. The van der Waals surface area contributed by atoms with Gasteiger partial charge in [0, 0.05) is 3.57 Å². The Kier molecular flexibility index (Phi) is 7.91. The molecule has 2 rings (SSSR count). The Morgan fingerprint density at radius 1 is 1.12 bits per heavy atom. The van der Waals surface area contributed by atoms with E-state index in [1.54, 1.807) is 0 Å². The first kappa shape index (κ1) is 18.9. The third-order valence-electron chi connectivity index (χ3n) is 3.08. The molecule has 0 saturated carbocycles. The molecule has 0 spiro atoms. The monoisotopic (exact) mass is 446 g/mol. The highest BCUT2D eigenvalue weighted by Gasteiger charge is 2.01. The number of allylic oxidation sites excluding steroid dienone is 3. The van der Waals surface area contributed by atoms with Crippen molar-refractivity contribution in [2.24, 2.45) is 5.10 Å². The third kappa shape index (κ3) is 7.80. The second-order valence-corrected chi connectivity index (χ2v) is 6.41. The van der Waals surface area contributed by atoms with Crippen LogP contribution >= 0.6 is 22.6 Å². The van der Waals surface area contributed by atoms with E-state index in [1.165, 1.54) is 0 Å². The first-order valence-electron chi connectivity index (χ1n) is 7.75. The number of hydrazone groups is 1. The van der Waals surface area contributed by atoms with Crippen molar-refractivity contribution in [2.45, 2.75) is 6.92 Å². The fourth-order valence-corrected chi connectivity index (χ4v) is 2.18. The second kappa shape index (κ2) is 10.5. The van der Waals surface area contributed by atoms with E-state index in [-0.39, 0.29) is 12.5 Å². The van der Waals surface area contributed by atoms with Gasteiger partial charge in [-0.05, 0) is 65.4 Å². The van der Waals surface area contributed by atoms with Crippen molar-refractivity contribution in [2.75, 3.05) is 6.61 Å². The lowest BCUT2D eigenvalue weighted by molar-refractivity contribution is -0.123. The quantitative estimate of drug-likeness (QED) is 0.296. The highest BCUT2D eigenvalue weighted by atomic mass is 127. The van der Waals surface area contributed by atoms with Crippen LogP contribution in [0, 0.1) is 3.57 Å². The molecule has 0 radical (unpaired) electrons. The van der Waals surface area contributed by atoms with Gasteiger partial charge in [0.05, 0.1) is 5.71 Å². The molecule has 0 unspecified atom stereocenters. The molecule has 1 N–H and O–H groups in total. The Hall–Kier alpha value is -2.41. The minimum absolute atomic E-state index is 0.0744. The third-order valence-corrected chi connectivity index (χ3v) is 3.80. The van der Waals surface area contributed by atoms with Crippen LogP contribution in [0.5, 0.6) is 5.75 Å². The zero-order chi connectivity index (χ0) is 17.9. The van der Waals surface area contributed by atoms with Gasteiger partial charge in [0.25, 0.3) is 5.91 Å². The molecule has 0 fully saturated rings. The van der Waals surface area contributed by atoms with Gasteiger partial charge in [0.2, 0.25) is 0 Å². The summed E-state index contributed by atoms with van der Waals surface area (Å²) in [4.78, 5) is 11.7. The molecule has 25 heavy (non-hydrogen) atoms. The fourth-order valence-electron chi connectivity index (χ4n) is 1.83. The number of hydrogen-bond acceptors (Lipinski definition) is 3. The van der Waals surface area contributed by atoms with Crippen molar-refractivity contribution in [1.82, 2.24) is 5.43 Å². The van der Waals surface area contributed by atoms with Crippen molar-refractivity contribution in [3.05, 3.63) is 82.0 Å². The number of nitrogens with zero attached hydrogens (tertiary/aromatic N) is 1. The molecule has 0 aliphatic rings. The highest BCUT2D eigenvalue weighted by molar-refractivity contribution is 14.1. The average molecular weight is 446 g/mol.